The molecule has 7 heteroatoms. The van der Waals surface area contributed by atoms with Crippen molar-refractivity contribution in [2.45, 2.75) is 52.1 Å². The van der Waals surface area contributed by atoms with E-state index in [9.17, 15) is 4.79 Å². The minimum Gasteiger partial charge on any atom is -0.361 e. The zero-order valence-electron chi connectivity index (χ0n) is 19.6. The largest absolute Gasteiger partial charge is 0.361 e. The van der Waals surface area contributed by atoms with Crippen LogP contribution in [0, 0.1) is 19.8 Å². The van der Waals surface area contributed by atoms with Gasteiger partial charge in [-0.25, -0.2) is 4.98 Å². The molecule has 32 heavy (non-hydrogen) atoms. The monoisotopic (exact) mass is 436 g/mol. The van der Waals surface area contributed by atoms with E-state index in [1.165, 1.54) is 30.5 Å². The highest BCUT2D eigenvalue weighted by Crippen LogP contribution is 2.30. The van der Waals surface area contributed by atoms with Gasteiger partial charge in [-0.05, 0) is 51.0 Å². The highest BCUT2D eigenvalue weighted by molar-refractivity contribution is 5.80. The number of nitrogens with zero attached hydrogens (tertiary/aromatic N) is 4. The van der Waals surface area contributed by atoms with Crippen molar-refractivity contribution in [1.82, 2.24) is 19.8 Å². The molecule has 0 radical (unpaired) electrons. The van der Waals surface area contributed by atoms with Gasteiger partial charge in [-0.15, -0.1) is 0 Å². The first kappa shape index (κ1) is 22.5. The predicted molar refractivity (Wildman–Crippen MR) is 129 cm³/mol. The van der Waals surface area contributed by atoms with Crippen LogP contribution in [0.15, 0.2) is 30.5 Å². The predicted octanol–water partition coefficient (Wildman–Crippen LogP) is 3.45. The lowest BCUT2D eigenvalue weighted by molar-refractivity contribution is -0.130. The van der Waals surface area contributed by atoms with Crippen LogP contribution in [0.25, 0.3) is 0 Å². The van der Waals surface area contributed by atoms with Crippen LogP contribution < -0.4 is 10.6 Å². The van der Waals surface area contributed by atoms with Crippen LogP contribution in [0.4, 0.5) is 11.8 Å². The van der Waals surface area contributed by atoms with Gasteiger partial charge >= 0.3 is 0 Å². The highest BCUT2D eigenvalue weighted by Gasteiger charge is 2.29. The third-order valence-corrected chi connectivity index (χ3v) is 6.66. The number of aromatic nitrogens is 2. The summed E-state index contributed by atoms with van der Waals surface area (Å²) in [6.07, 6.45) is 6.71. The van der Waals surface area contributed by atoms with E-state index in [0.717, 1.165) is 37.4 Å². The molecule has 1 saturated heterocycles. The van der Waals surface area contributed by atoms with Crippen molar-refractivity contribution in [3.05, 3.63) is 47.2 Å². The van der Waals surface area contributed by atoms with Crippen molar-refractivity contribution in [3.63, 3.8) is 0 Å². The molecule has 1 aromatic heterocycles. The number of nitrogens with one attached hydrogen (secondary N) is 2. The Hall–Kier alpha value is -2.67. The first-order valence-electron chi connectivity index (χ1n) is 11.8. The average Bonchev–Trinajstić information content (AvgIpc) is 3.62. The van der Waals surface area contributed by atoms with Crippen molar-refractivity contribution in [3.8, 4) is 0 Å². The second-order valence-corrected chi connectivity index (χ2v) is 9.40. The quantitative estimate of drug-likeness (QED) is 0.627. The van der Waals surface area contributed by atoms with Crippen LogP contribution >= 0.6 is 0 Å². The number of likely N-dealkylation sites (tertiary alicyclic amines) is 1. The maximum absolute atomic E-state index is 12.8. The second-order valence-electron chi connectivity index (χ2n) is 9.40. The van der Waals surface area contributed by atoms with E-state index in [1.54, 1.807) is 6.20 Å². The van der Waals surface area contributed by atoms with Crippen LogP contribution in [0.3, 0.4) is 0 Å². The molecule has 4 rings (SSSR count). The molecule has 0 unspecified atom stereocenters. The summed E-state index contributed by atoms with van der Waals surface area (Å²) in [6.45, 7) is 8.39. The Morgan fingerprint density at radius 1 is 1.09 bits per heavy atom. The number of anilines is 2. The lowest BCUT2D eigenvalue weighted by Gasteiger charge is -2.37. The fourth-order valence-electron chi connectivity index (χ4n) is 4.24. The van der Waals surface area contributed by atoms with Gasteiger partial charge in [-0.3, -0.25) is 4.79 Å². The highest BCUT2D eigenvalue weighted by atomic mass is 16.2. The van der Waals surface area contributed by atoms with Crippen LogP contribution in [0.1, 0.15) is 42.4 Å². The number of likely N-dealkylation sites (N-methyl/N-ethyl adjacent to an activating group) is 1. The summed E-state index contributed by atoms with van der Waals surface area (Å²) < 4.78 is 0. The second kappa shape index (κ2) is 10.3. The molecule has 2 aromatic rings. The number of piperidine rings is 1. The van der Waals surface area contributed by atoms with Gasteiger partial charge in [0.2, 0.25) is 11.9 Å². The standard InChI is InChI=1S/C25H36N6O/c1-18-4-6-20(7-5-18)15-28-25-27-14-19(2)24(29-25)26-16-23(32)30(3)22-10-12-31(13-11-22)17-21-8-9-21/h4-7,14,21-22H,8-13,15-17H2,1-3H3,(H2,26,27,28,29). The summed E-state index contributed by atoms with van der Waals surface area (Å²) in [6, 6.07) is 8.72. The molecule has 0 bridgehead atoms. The van der Waals surface area contributed by atoms with Crippen LogP contribution in [0.2, 0.25) is 0 Å². The van der Waals surface area contributed by atoms with Crippen LogP contribution in [-0.2, 0) is 11.3 Å². The minimum atomic E-state index is 0.109. The Balaban J connectivity index is 1.25. The number of hydrogen-bond donors (Lipinski definition) is 2. The molecule has 1 saturated carbocycles. The minimum absolute atomic E-state index is 0.109. The number of amides is 1. The Morgan fingerprint density at radius 3 is 2.50 bits per heavy atom. The van der Waals surface area contributed by atoms with Gasteiger partial charge in [0.25, 0.3) is 0 Å². The molecule has 2 N–H and O–H groups in total. The van der Waals surface area contributed by atoms with E-state index in [0.29, 0.717) is 24.4 Å². The molecule has 2 heterocycles. The first-order chi connectivity index (χ1) is 15.5. The zero-order valence-corrected chi connectivity index (χ0v) is 19.6. The fraction of sp³-hybridized carbons (Fsp3) is 0.560. The Bertz CT molecular complexity index is 903. The van der Waals surface area contributed by atoms with Crippen LogP contribution in [-0.4, -0.2) is 64.9 Å². The molecule has 7 nitrogen and oxygen atoms in total. The smallest absolute Gasteiger partial charge is 0.241 e. The van der Waals surface area contributed by atoms with E-state index in [-0.39, 0.29) is 12.5 Å². The molecule has 2 fully saturated rings. The van der Waals surface area contributed by atoms with E-state index in [1.807, 2.05) is 18.9 Å². The van der Waals surface area contributed by atoms with Gasteiger partial charge in [0.1, 0.15) is 5.82 Å². The molecule has 0 spiro atoms. The summed E-state index contributed by atoms with van der Waals surface area (Å²) in [5, 5.41) is 6.50. The molecule has 172 valence electrons. The molecule has 1 aromatic carbocycles. The number of carbonyl (C=O) groups excluding carboxylic acids is 1. The number of benzene rings is 1. The fourth-order valence-corrected chi connectivity index (χ4v) is 4.24. The van der Waals surface area contributed by atoms with E-state index < -0.39 is 0 Å². The number of carbonyl (C=O) groups is 1. The summed E-state index contributed by atoms with van der Waals surface area (Å²) >= 11 is 0. The van der Waals surface area contributed by atoms with Crippen molar-refractivity contribution in [1.29, 1.82) is 0 Å². The lowest BCUT2D eigenvalue weighted by atomic mass is 10.0. The maximum atomic E-state index is 12.8. The molecule has 0 atom stereocenters. The number of aryl methyl sites for hydroxylation is 2. The summed E-state index contributed by atoms with van der Waals surface area (Å²) in [4.78, 5) is 26.3. The van der Waals surface area contributed by atoms with E-state index in [4.69, 9.17) is 0 Å². The summed E-state index contributed by atoms with van der Waals surface area (Å²) in [5.74, 6) is 2.30. The Morgan fingerprint density at radius 2 is 1.81 bits per heavy atom. The van der Waals surface area contributed by atoms with Crippen LogP contribution in [0.5, 0.6) is 0 Å². The number of rotatable bonds is 9. The molecule has 1 aliphatic heterocycles. The van der Waals surface area contributed by atoms with Crippen molar-refractivity contribution in [2.75, 3.05) is 43.9 Å². The number of hydrogen-bond acceptors (Lipinski definition) is 6. The first-order valence-corrected chi connectivity index (χ1v) is 11.8. The van der Waals surface area contributed by atoms with Gasteiger partial charge < -0.3 is 20.4 Å². The zero-order chi connectivity index (χ0) is 22.5. The third kappa shape index (κ3) is 6.19. The Kier molecular flexibility index (Phi) is 7.25. The van der Waals surface area contributed by atoms with E-state index >= 15 is 0 Å². The van der Waals surface area contributed by atoms with Crippen molar-refractivity contribution >= 4 is 17.7 Å². The van der Waals surface area contributed by atoms with Gasteiger partial charge in [0.15, 0.2) is 0 Å². The van der Waals surface area contributed by atoms with Crippen molar-refractivity contribution < 1.29 is 4.79 Å². The van der Waals surface area contributed by atoms with Gasteiger partial charge in [-0.2, -0.15) is 4.98 Å². The third-order valence-electron chi connectivity index (χ3n) is 6.66. The normalized spacial score (nSPS) is 17.2. The molecular weight excluding hydrogens is 400 g/mol. The molecule has 1 amide bonds. The Labute approximate surface area is 191 Å². The molecule has 1 aliphatic carbocycles. The van der Waals surface area contributed by atoms with E-state index in [2.05, 4.69) is 56.7 Å². The molecular formula is C25H36N6O. The maximum Gasteiger partial charge on any atom is 0.241 e. The average molecular weight is 437 g/mol. The van der Waals surface area contributed by atoms with Gasteiger partial charge in [-0.1, -0.05) is 29.8 Å². The van der Waals surface area contributed by atoms with Gasteiger partial charge in [0.05, 0.1) is 6.54 Å². The van der Waals surface area contributed by atoms with Crippen molar-refractivity contribution in [2.24, 2.45) is 5.92 Å². The summed E-state index contributed by atoms with van der Waals surface area (Å²) in [7, 11) is 1.94. The SMILES string of the molecule is Cc1ccc(CNc2ncc(C)c(NCC(=O)N(C)C3CCN(CC4CC4)CC3)n2)cc1. The molecule has 2 aliphatic rings. The lowest BCUT2D eigenvalue weighted by Crippen LogP contribution is -2.47. The van der Waals surface area contributed by atoms with Gasteiger partial charge in [0, 0.05) is 51.0 Å². The topological polar surface area (TPSA) is 73.4 Å². The summed E-state index contributed by atoms with van der Waals surface area (Å²) in [5.41, 5.74) is 3.34.